The molecule has 0 aliphatic rings. The summed E-state index contributed by atoms with van der Waals surface area (Å²) in [5.41, 5.74) is 0.518. The van der Waals surface area contributed by atoms with Gasteiger partial charge in [0.1, 0.15) is 11.6 Å². The molecule has 5 heteroatoms. The number of carbonyl (C=O) groups is 1. The molecule has 0 aliphatic heterocycles. The molecule has 0 unspecified atom stereocenters. The van der Waals surface area contributed by atoms with Crippen molar-refractivity contribution in [3.05, 3.63) is 29.6 Å². The maximum atomic E-state index is 12.9. The molecule has 76 valence electrons. The minimum absolute atomic E-state index is 0.0590. The van der Waals surface area contributed by atoms with Gasteiger partial charge >= 0.3 is 6.09 Å². The fourth-order valence-corrected chi connectivity index (χ4v) is 1.02. The van der Waals surface area contributed by atoms with Crippen molar-refractivity contribution in [1.29, 1.82) is 0 Å². The molecule has 14 heavy (non-hydrogen) atoms. The van der Waals surface area contributed by atoms with Crippen LogP contribution in [0.3, 0.4) is 0 Å². The van der Waals surface area contributed by atoms with E-state index in [1.807, 2.05) is 0 Å². The number of ether oxygens (including phenoxy) is 1. The van der Waals surface area contributed by atoms with Crippen molar-refractivity contribution in [2.45, 2.75) is 6.54 Å². The number of benzene rings is 1. The normalized spacial score (nSPS) is 9.57. The molecule has 1 amide bonds. The van der Waals surface area contributed by atoms with E-state index in [1.165, 1.54) is 19.2 Å². The number of rotatable bonds is 3. The molecule has 0 saturated heterocycles. The van der Waals surface area contributed by atoms with Crippen LogP contribution in [0, 0.1) is 5.82 Å². The quantitative estimate of drug-likeness (QED) is 0.777. The summed E-state index contributed by atoms with van der Waals surface area (Å²) in [7, 11) is 1.42. The highest BCUT2D eigenvalue weighted by atomic mass is 19.1. The molecule has 1 aromatic carbocycles. The Morgan fingerprint density at radius 1 is 1.57 bits per heavy atom. The number of halogens is 1. The molecular weight excluding hydrogens is 189 g/mol. The van der Waals surface area contributed by atoms with Crippen molar-refractivity contribution in [1.82, 2.24) is 5.32 Å². The predicted molar refractivity (Wildman–Crippen MR) is 47.8 cm³/mol. The van der Waals surface area contributed by atoms with Crippen molar-refractivity contribution in [3.8, 4) is 5.75 Å². The van der Waals surface area contributed by atoms with Crippen molar-refractivity contribution in [2.24, 2.45) is 0 Å². The molecule has 2 N–H and O–H groups in total. The van der Waals surface area contributed by atoms with Crippen LogP contribution >= 0.6 is 0 Å². The van der Waals surface area contributed by atoms with E-state index in [0.717, 1.165) is 0 Å². The Kier molecular flexibility index (Phi) is 3.28. The first-order valence-corrected chi connectivity index (χ1v) is 3.92. The molecule has 1 aromatic rings. The van der Waals surface area contributed by atoms with Gasteiger partial charge in [-0.15, -0.1) is 0 Å². The van der Waals surface area contributed by atoms with Crippen LogP contribution in [0.1, 0.15) is 5.56 Å². The summed E-state index contributed by atoms with van der Waals surface area (Å²) in [6.45, 7) is 0.0590. The second-order valence-corrected chi connectivity index (χ2v) is 2.66. The van der Waals surface area contributed by atoms with Crippen LogP contribution in [0.4, 0.5) is 9.18 Å². The van der Waals surface area contributed by atoms with E-state index in [4.69, 9.17) is 9.84 Å². The molecule has 0 bridgehead atoms. The van der Waals surface area contributed by atoms with E-state index in [0.29, 0.717) is 11.3 Å². The number of methoxy groups -OCH3 is 1. The topological polar surface area (TPSA) is 58.6 Å². The van der Waals surface area contributed by atoms with Gasteiger partial charge in [-0.25, -0.2) is 9.18 Å². The molecule has 0 aromatic heterocycles. The van der Waals surface area contributed by atoms with Crippen molar-refractivity contribution in [2.75, 3.05) is 7.11 Å². The van der Waals surface area contributed by atoms with Crippen LogP contribution in [0.15, 0.2) is 18.2 Å². The molecule has 0 atom stereocenters. The van der Waals surface area contributed by atoms with Crippen molar-refractivity contribution in [3.63, 3.8) is 0 Å². The maximum Gasteiger partial charge on any atom is 0.404 e. The SMILES string of the molecule is COc1cc(F)cc(CNC(=O)O)c1. The first kappa shape index (κ1) is 10.3. The lowest BCUT2D eigenvalue weighted by Crippen LogP contribution is -2.19. The van der Waals surface area contributed by atoms with Crippen LogP contribution in [-0.2, 0) is 6.54 Å². The van der Waals surface area contributed by atoms with Crippen molar-refractivity contribution >= 4 is 6.09 Å². The van der Waals surface area contributed by atoms with Gasteiger partial charge in [0.2, 0.25) is 0 Å². The molecule has 0 fully saturated rings. The van der Waals surface area contributed by atoms with Gasteiger partial charge in [0, 0.05) is 12.6 Å². The van der Waals surface area contributed by atoms with Crippen LogP contribution in [0.25, 0.3) is 0 Å². The number of hydrogen-bond acceptors (Lipinski definition) is 2. The van der Waals surface area contributed by atoms with E-state index < -0.39 is 11.9 Å². The maximum absolute atomic E-state index is 12.9. The van der Waals surface area contributed by atoms with Crippen LogP contribution in [0.5, 0.6) is 5.75 Å². The van der Waals surface area contributed by atoms with E-state index in [1.54, 1.807) is 6.07 Å². The number of hydrogen-bond donors (Lipinski definition) is 2. The molecule has 0 heterocycles. The van der Waals surface area contributed by atoms with E-state index in [2.05, 4.69) is 5.32 Å². The lowest BCUT2D eigenvalue weighted by molar-refractivity contribution is 0.194. The Morgan fingerprint density at radius 2 is 2.29 bits per heavy atom. The summed E-state index contributed by atoms with van der Waals surface area (Å²) in [5, 5.41) is 10.5. The van der Waals surface area contributed by atoms with Gasteiger partial charge < -0.3 is 15.2 Å². The summed E-state index contributed by atoms with van der Waals surface area (Å²) < 4.78 is 17.7. The highest BCUT2D eigenvalue weighted by Gasteiger charge is 2.02. The van der Waals surface area contributed by atoms with E-state index >= 15 is 0 Å². The summed E-state index contributed by atoms with van der Waals surface area (Å²) in [6.07, 6.45) is -1.15. The van der Waals surface area contributed by atoms with Gasteiger partial charge in [-0.3, -0.25) is 0 Å². The number of nitrogens with one attached hydrogen (secondary N) is 1. The molecule has 0 spiro atoms. The Bertz CT molecular complexity index is 341. The minimum Gasteiger partial charge on any atom is -0.497 e. The fraction of sp³-hybridized carbons (Fsp3) is 0.222. The highest BCUT2D eigenvalue weighted by Crippen LogP contribution is 2.15. The van der Waals surface area contributed by atoms with Crippen LogP contribution < -0.4 is 10.1 Å². The summed E-state index contributed by atoms with van der Waals surface area (Å²) in [6, 6.07) is 4.04. The second-order valence-electron chi connectivity index (χ2n) is 2.66. The smallest absolute Gasteiger partial charge is 0.404 e. The van der Waals surface area contributed by atoms with E-state index in [9.17, 15) is 9.18 Å². The number of carboxylic acid groups (broad SMARTS) is 1. The average Bonchev–Trinajstić information content (AvgIpc) is 2.14. The molecule has 0 radical (unpaired) electrons. The van der Waals surface area contributed by atoms with Gasteiger partial charge in [0.05, 0.1) is 7.11 Å². The third kappa shape index (κ3) is 2.93. The van der Waals surface area contributed by atoms with Gasteiger partial charge in [-0.05, 0) is 17.7 Å². The lowest BCUT2D eigenvalue weighted by atomic mass is 10.2. The molecule has 4 nitrogen and oxygen atoms in total. The van der Waals surface area contributed by atoms with E-state index in [-0.39, 0.29) is 6.54 Å². The molecule has 0 aliphatic carbocycles. The number of amides is 1. The monoisotopic (exact) mass is 199 g/mol. The zero-order valence-electron chi connectivity index (χ0n) is 7.58. The van der Waals surface area contributed by atoms with Crippen LogP contribution in [-0.4, -0.2) is 18.3 Å². The van der Waals surface area contributed by atoms with Gasteiger partial charge in [-0.1, -0.05) is 0 Å². The Hall–Kier alpha value is -1.78. The fourth-order valence-electron chi connectivity index (χ4n) is 1.02. The minimum atomic E-state index is -1.15. The third-order valence-electron chi connectivity index (χ3n) is 1.61. The zero-order chi connectivity index (χ0) is 10.6. The van der Waals surface area contributed by atoms with Gasteiger partial charge in [0.25, 0.3) is 0 Å². The molecule has 1 rings (SSSR count). The first-order valence-electron chi connectivity index (χ1n) is 3.92. The molecule has 0 saturated carbocycles. The Labute approximate surface area is 80.3 Å². The molecular formula is C9H10FNO3. The van der Waals surface area contributed by atoms with Gasteiger partial charge in [-0.2, -0.15) is 0 Å². The Morgan fingerprint density at radius 3 is 2.86 bits per heavy atom. The summed E-state index contributed by atoms with van der Waals surface area (Å²) in [4.78, 5) is 10.2. The second kappa shape index (κ2) is 4.45. The first-order chi connectivity index (χ1) is 6.61. The predicted octanol–water partition coefficient (Wildman–Crippen LogP) is 1.60. The summed E-state index contributed by atoms with van der Waals surface area (Å²) >= 11 is 0. The van der Waals surface area contributed by atoms with Crippen molar-refractivity contribution < 1.29 is 19.0 Å². The standard InChI is InChI=1S/C9H10FNO3/c1-14-8-3-6(2-7(10)4-8)5-11-9(12)13/h2-4,11H,5H2,1H3,(H,12,13). The highest BCUT2D eigenvalue weighted by molar-refractivity contribution is 5.64. The van der Waals surface area contributed by atoms with Crippen LogP contribution in [0.2, 0.25) is 0 Å². The van der Waals surface area contributed by atoms with Gasteiger partial charge in [0.15, 0.2) is 0 Å². The largest absolute Gasteiger partial charge is 0.497 e. The zero-order valence-corrected chi connectivity index (χ0v) is 7.58. The summed E-state index contributed by atoms with van der Waals surface area (Å²) in [5.74, 6) is -0.0845. The average molecular weight is 199 g/mol. The lowest BCUT2D eigenvalue weighted by Gasteiger charge is -2.04. The third-order valence-corrected chi connectivity index (χ3v) is 1.61. The Balaban J connectivity index is 2.76.